The van der Waals surface area contributed by atoms with Gasteiger partial charge in [-0.25, -0.2) is 9.78 Å². The number of anilines is 1. The summed E-state index contributed by atoms with van der Waals surface area (Å²) in [5, 5.41) is 5.94. The number of amides is 2. The van der Waals surface area contributed by atoms with E-state index in [1.807, 2.05) is 42.6 Å². The van der Waals surface area contributed by atoms with Crippen molar-refractivity contribution in [3.63, 3.8) is 0 Å². The molecule has 1 aromatic heterocycles. The molecular weight excluding hydrogens is 340 g/mol. The minimum absolute atomic E-state index is 0.0356. The molecule has 144 valence electrons. The highest BCUT2D eigenvalue weighted by Gasteiger charge is 2.14. The number of aromatic nitrogens is 1. The van der Waals surface area contributed by atoms with Crippen LogP contribution in [-0.2, 0) is 6.54 Å². The summed E-state index contributed by atoms with van der Waals surface area (Å²) in [6.07, 6.45) is 5.12. The second-order valence-electron chi connectivity index (χ2n) is 6.78. The van der Waals surface area contributed by atoms with Crippen molar-refractivity contribution in [3.05, 3.63) is 53.7 Å². The van der Waals surface area contributed by atoms with E-state index in [1.165, 1.54) is 12.8 Å². The van der Waals surface area contributed by atoms with Gasteiger partial charge in [0.2, 0.25) is 0 Å². The second kappa shape index (κ2) is 9.26. The zero-order valence-corrected chi connectivity index (χ0v) is 16.1. The Kier molecular flexibility index (Phi) is 6.52. The molecule has 6 heteroatoms. The fraction of sp³-hybridized carbons (Fsp3) is 0.429. The van der Waals surface area contributed by atoms with Crippen LogP contribution in [0.5, 0.6) is 5.75 Å². The van der Waals surface area contributed by atoms with Crippen molar-refractivity contribution in [3.8, 4) is 5.75 Å². The van der Waals surface area contributed by atoms with Crippen LogP contribution in [0.4, 0.5) is 10.6 Å². The summed E-state index contributed by atoms with van der Waals surface area (Å²) in [5.41, 5.74) is 2.05. The number of rotatable bonds is 7. The number of carbonyl (C=O) groups is 1. The Morgan fingerprint density at radius 2 is 1.93 bits per heavy atom. The molecule has 2 amide bonds. The van der Waals surface area contributed by atoms with Crippen LogP contribution in [0, 0.1) is 0 Å². The summed E-state index contributed by atoms with van der Waals surface area (Å²) < 4.78 is 5.18. The zero-order valence-electron chi connectivity index (χ0n) is 16.1. The number of urea groups is 1. The van der Waals surface area contributed by atoms with E-state index in [1.54, 1.807) is 7.11 Å². The molecule has 1 saturated heterocycles. The predicted molar refractivity (Wildman–Crippen MR) is 107 cm³/mol. The van der Waals surface area contributed by atoms with Crippen molar-refractivity contribution in [1.82, 2.24) is 15.6 Å². The third-order valence-corrected chi connectivity index (χ3v) is 4.92. The summed E-state index contributed by atoms with van der Waals surface area (Å²) in [6.45, 7) is 4.67. The van der Waals surface area contributed by atoms with E-state index >= 15 is 0 Å². The van der Waals surface area contributed by atoms with Crippen molar-refractivity contribution in [2.75, 3.05) is 25.1 Å². The van der Waals surface area contributed by atoms with Crippen LogP contribution < -0.4 is 20.3 Å². The van der Waals surface area contributed by atoms with E-state index in [0.717, 1.165) is 42.2 Å². The van der Waals surface area contributed by atoms with Gasteiger partial charge >= 0.3 is 6.03 Å². The van der Waals surface area contributed by atoms with Crippen molar-refractivity contribution in [1.29, 1.82) is 0 Å². The molecule has 2 heterocycles. The number of carbonyl (C=O) groups excluding carboxylic acids is 1. The van der Waals surface area contributed by atoms with Crippen LogP contribution in [-0.4, -0.2) is 31.2 Å². The van der Waals surface area contributed by atoms with Crippen LogP contribution in [0.15, 0.2) is 42.6 Å². The Morgan fingerprint density at radius 3 is 2.52 bits per heavy atom. The van der Waals surface area contributed by atoms with E-state index in [0.29, 0.717) is 6.54 Å². The Morgan fingerprint density at radius 1 is 1.19 bits per heavy atom. The van der Waals surface area contributed by atoms with Crippen LogP contribution in [0.2, 0.25) is 0 Å². The molecule has 1 aromatic carbocycles. The molecular formula is C21H28N4O2. The maximum Gasteiger partial charge on any atom is 0.315 e. The quantitative estimate of drug-likeness (QED) is 0.783. The lowest BCUT2D eigenvalue weighted by Crippen LogP contribution is -2.37. The first kappa shape index (κ1) is 19.0. The van der Waals surface area contributed by atoms with Gasteiger partial charge < -0.3 is 20.3 Å². The number of ether oxygens (including phenoxy) is 1. The lowest BCUT2D eigenvalue weighted by Gasteiger charge is -2.19. The first-order chi connectivity index (χ1) is 13.2. The fourth-order valence-electron chi connectivity index (χ4n) is 3.30. The molecule has 2 aromatic rings. The van der Waals surface area contributed by atoms with Gasteiger partial charge in [-0.2, -0.15) is 0 Å². The SMILES string of the molecule is CCC(NC(=O)NCc1ccc(N2CCCC2)nc1)c1ccc(OC)cc1. The highest BCUT2D eigenvalue weighted by Crippen LogP contribution is 2.20. The average molecular weight is 368 g/mol. The summed E-state index contributed by atoms with van der Waals surface area (Å²) in [4.78, 5) is 19.1. The molecule has 1 atom stereocenters. The standard InChI is InChI=1S/C21H28N4O2/c1-3-19(17-7-9-18(27-2)10-8-17)24-21(26)23-15-16-6-11-20(22-14-16)25-12-4-5-13-25/h6-11,14,19H,3-5,12-13,15H2,1-2H3,(H2,23,24,26). The van der Waals surface area contributed by atoms with Gasteiger partial charge in [0.1, 0.15) is 11.6 Å². The maximum atomic E-state index is 12.3. The Bertz CT molecular complexity index is 725. The first-order valence-corrected chi connectivity index (χ1v) is 9.57. The lowest BCUT2D eigenvalue weighted by molar-refractivity contribution is 0.236. The number of methoxy groups -OCH3 is 1. The van der Waals surface area contributed by atoms with Gasteiger partial charge in [0.05, 0.1) is 13.2 Å². The minimum Gasteiger partial charge on any atom is -0.497 e. The summed E-state index contributed by atoms with van der Waals surface area (Å²) in [5.74, 6) is 1.83. The van der Waals surface area contributed by atoms with Crippen LogP contribution in [0.25, 0.3) is 0 Å². The molecule has 6 nitrogen and oxygen atoms in total. The van der Waals surface area contributed by atoms with Gasteiger partial charge in [0, 0.05) is 25.8 Å². The van der Waals surface area contributed by atoms with Gasteiger partial charge in [-0.1, -0.05) is 25.1 Å². The third-order valence-electron chi connectivity index (χ3n) is 4.92. The molecule has 1 fully saturated rings. The van der Waals surface area contributed by atoms with Gasteiger partial charge in [0.15, 0.2) is 0 Å². The topological polar surface area (TPSA) is 66.5 Å². The van der Waals surface area contributed by atoms with E-state index < -0.39 is 0 Å². The van der Waals surface area contributed by atoms with E-state index in [2.05, 4.69) is 27.4 Å². The molecule has 0 bridgehead atoms. The molecule has 1 aliphatic rings. The van der Waals surface area contributed by atoms with Gasteiger partial charge in [0.25, 0.3) is 0 Å². The predicted octanol–water partition coefficient (Wildman–Crippen LogP) is 3.64. The Balaban J connectivity index is 1.50. The maximum absolute atomic E-state index is 12.3. The third kappa shape index (κ3) is 5.12. The van der Waals surface area contributed by atoms with Crippen LogP contribution in [0.1, 0.15) is 43.4 Å². The molecule has 27 heavy (non-hydrogen) atoms. The Hall–Kier alpha value is -2.76. The van der Waals surface area contributed by atoms with Crippen LogP contribution >= 0.6 is 0 Å². The fourth-order valence-corrected chi connectivity index (χ4v) is 3.30. The van der Waals surface area contributed by atoms with Crippen molar-refractivity contribution in [2.24, 2.45) is 0 Å². The number of nitrogens with one attached hydrogen (secondary N) is 2. The van der Waals surface area contributed by atoms with Gasteiger partial charge in [-0.05, 0) is 48.6 Å². The van der Waals surface area contributed by atoms with E-state index in [9.17, 15) is 4.79 Å². The summed E-state index contributed by atoms with van der Waals surface area (Å²) in [7, 11) is 1.64. The molecule has 0 saturated carbocycles. The lowest BCUT2D eigenvalue weighted by atomic mass is 10.0. The van der Waals surface area contributed by atoms with E-state index in [-0.39, 0.29) is 12.1 Å². The number of hydrogen-bond acceptors (Lipinski definition) is 4. The summed E-state index contributed by atoms with van der Waals surface area (Å²) >= 11 is 0. The van der Waals surface area contributed by atoms with Crippen molar-refractivity contribution < 1.29 is 9.53 Å². The normalized spacial score (nSPS) is 14.7. The Labute approximate surface area is 160 Å². The molecule has 1 unspecified atom stereocenters. The molecule has 3 rings (SSSR count). The smallest absolute Gasteiger partial charge is 0.315 e. The molecule has 0 radical (unpaired) electrons. The molecule has 0 aliphatic carbocycles. The molecule has 1 aliphatic heterocycles. The van der Waals surface area contributed by atoms with Crippen molar-refractivity contribution >= 4 is 11.8 Å². The highest BCUT2D eigenvalue weighted by molar-refractivity contribution is 5.74. The number of hydrogen-bond donors (Lipinski definition) is 2. The summed E-state index contributed by atoms with van der Waals surface area (Å²) in [6, 6.07) is 11.6. The molecule has 0 spiro atoms. The largest absolute Gasteiger partial charge is 0.497 e. The number of nitrogens with zero attached hydrogens (tertiary/aromatic N) is 2. The van der Waals surface area contributed by atoms with E-state index in [4.69, 9.17) is 4.74 Å². The monoisotopic (exact) mass is 368 g/mol. The average Bonchev–Trinajstić information content (AvgIpc) is 3.26. The number of pyridine rings is 1. The second-order valence-corrected chi connectivity index (χ2v) is 6.78. The highest BCUT2D eigenvalue weighted by atomic mass is 16.5. The van der Waals surface area contributed by atoms with Crippen molar-refractivity contribution in [2.45, 2.75) is 38.8 Å². The number of benzene rings is 1. The van der Waals surface area contributed by atoms with Crippen LogP contribution in [0.3, 0.4) is 0 Å². The minimum atomic E-state index is -0.179. The van der Waals surface area contributed by atoms with Gasteiger partial charge in [-0.15, -0.1) is 0 Å². The van der Waals surface area contributed by atoms with Gasteiger partial charge in [-0.3, -0.25) is 0 Å². The zero-order chi connectivity index (χ0) is 19.1. The first-order valence-electron chi connectivity index (χ1n) is 9.57. The molecule has 2 N–H and O–H groups in total.